The lowest BCUT2D eigenvalue weighted by molar-refractivity contribution is 0.683. The number of benzene rings is 2. The molecule has 0 amide bonds. The summed E-state index contributed by atoms with van der Waals surface area (Å²) in [6.07, 6.45) is 0. The normalized spacial score (nSPS) is 12.4. The zero-order valence-electron chi connectivity index (χ0n) is 10.3. The third-order valence-corrected chi connectivity index (χ3v) is 4.74. The first kappa shape index (κ1) is 14.4. The van der Waals surface area contributed by atoms with Crippen LogP contribution in [0.5, 0.6) is 0 Å². The van der Waals surface area contributed by atoms with E-state index in [1.54, 1.807) is 24.3 Å². The molecule has 1 atom stereocenters. The number of nitrogens with two attached hydrogens (primary N) is 1. The molecule has 2 N–H and O–H groups in total. The molecule has 5 heteroatoms. The molecule has 0 heterocycles. The zero-order chi connectivity index (χ0) is 14.0. The van der Waals surface area contributed by atoms with E-state index in [-0.39, 0.29) is 0 Å². The quantitative estimate of drug-likeness (QED) is 0.863. The van der Waals surface area contributed by atoms with Crippen LogP contribution in [0.15, 0.2) is 41.3 Å². The van der Waals surface area contributed by atoms with Gasteiger partial charge < -0.3 is 5.73 Å². The maximum absolute atomic E-state index is 12.3. The van der Waals surface area contributed by atoms with Gasteiger partial charge in [0, 0.05) is 15.7 Å². The molecule has 0 fully saturated rings. The Morgan fingerprint density at radius 2 is 1.89 bits per heavy atom. The average molecular weight is 314 g/mol. The second kappa shape index (κ2) is 5.95. The fraction of sp³-hybridized carbons (Fsp3) is 0.143. The van der Waals surface area contributed by atoms with Crippen molar-refractivity contribution < 1.29 is 4.21 Å². The molecule has 0 saturated carbocycles. The molecule has 1 unspecified atom stereocenters. The van der Waals surface area contributed by atoms with Gasteiger partial charge in [-0.15, -0.1) is 0 Å². The number of hydrogen-bond donors (Lipinski definition) is 1. The van der Waals surface area contributed by atoms with E-state index >= 15 is 0 Å². The summed E-state index contributed by atoms with van der Waals surface area (Å²) in [4.78, 5) is 0.627. The molecule has 19 heavy (non-hydrogen) atoms. The van der Waals surface area contributed by atoms with Crippen molar-refractivity contribution in [2.24, 2.45) is 0 Å². The molecule has 2 aromatic carbocycles. The van der Waals surface area contributed by atoms with E-state index < -0.39 is 10.8 Å². The van der Waals surface area contributed by atoms with E-state index in [0.29, 0.717) is 26.4 Å². The molecular weight excluding hydrogens is 301 g/mol. The van der Waals surface area contributed by atoms with Crippen molar-refractivity contribution in [1.29, 1.82) is 0 Å². The van der Waals surface area contributed by atoms with Crippen LogP contribution in [0.1, 0.15) is 11.1 Å². The molecule has 0 aliphatic heterocycles. The van der Waals surface area contributed by atoms with Gasteiger partial charge in [-0.1, -0.05) is 29.3 Å². The van der Waals surface area contributed by atoms with Crippen molar-refractivity contribution >= 4 is 39.7 Å². The first-order valence-electron chi connectivity index (χ1n) is 5.66. The predicted molar refractivity (Wildman–Crippen MR) is 82.2 cm³/mol. The van der Waals surface area contributed by atoms with Crippen molar-refractivity contribution in [2.45, 2.75) is 17.6 Å². The molecule has 2 aromatic rings. The largest absolute Gasteiger partial charge is 0.398 e. The van der Waals surface area contributed by atoms with Crippen LogP contribution in [-0.2, 0) is 16.6 Å². The second-order valence-corrected chi connectivity index (χ2v) is 6.53. The Labute approximate surface area is 125 Å². The van der Waals surface area contributed by atoms with Crippen LogP contribution in [0.3, 0.4) is 0 Å². The standard InChI is InChI=1S/C14H13Cl2NOS/c1-9-2-5-14(13(17)6-9)19(18)8-10-7-11(15)3-4-12(10)16/h2-7H,8,17H2,1H3. The Balaban J connectivity index is 2.28. The Bertz CT molecular complexity index is 643. The molecule has 2 rings (SSSR count). The zero-order valence-corrected chi connectivity index (χ0v) is 12.6. The monoisotopic (exact) mass is 313 g/mol. The predicted octanol–water partition coefficient (Wildman–Crippen LogP) is 4.19. The maximum Gasteiger partial charge on any atom is 0.0621 e. The fourth-order valence-corrected chi connectivity index (χ4v) is 3.42. The van der Waals surface area contributed by atoms with Crippen molar-refractivity contribution in [1.82, 2.24) is 0 Å². The lowest BCUT2D eigenvalue weighted by Crippen LogP contribution is -2.01. The molecule has 0 bridgehead atoms. The number of nitrogen functional groups attached to an aromatic ring is 1. The summed E-state index contributed by atoms with van der Waals surface area (Å²) in [6, 6.07) is 10.6. The summed E-state index contributed by atoms with van der Waals surface area (Å²) in [5.41, 5.74) is 8.23. The lowest BCUT2D eigenvalue weighted by Gasteiger charge is -2.08. The Morgan fingerprint density at radius 1 is 1.16 bits per heavy atom. The third kappa shape index (κ3) is 3.50. The van der Waals surface area contributed by atoms with E-state index in [1.807, 2.05) is 19.1 Å². The first-order chi connectivity index (χ1) is 8.97. The molecule has 0 saturated heterocycles. The maximum atomic E-state index is 12.3. The summed E-state index contributed by atoms with van der Waals surface area (Å²) in [6.45, 7) is 1.94. The third-order valence-electron chi connectivity index (χ3n) is 2.70. The number of halogens is 2. The number of rotatable bonds is 3. The van der Waals surface area contributed by atoms with Gasteiger partial charge in [-0.25, -0.2) is 0 Å². The molecule has 0 radical (unpaired) electrons. The molecule has 0 aliphatic carbocycles. The van der Waals surface area contributed by atoms with E-state index in [2.05, 4.69) is 0 Å². The molecule has 100 valence electrons. The Morgan fingerprint density at radius 3 is 2.58 bits per heavy atom. The van der Waals surface area contributed by atoms with Crippen LogP contribution in [0.2, 0.25) is 10.0 Å². The van der Waals surface area contributed by atoms with Gasteiger partial charge in [-0.2, -0.15) is 0 Å². The van der Waals surface area contributed by atoms with Crippen LogP contribution in [-0.4, -0.2) is 4.21 Å². The smallest absolute Gasteiger partial charge is 0.0621 e. The van der Waals surface area contributed by atoms with Crippen molar-refractivity contribution in [3.05, 3.63) is 57.6 Å². The SMILES string of the molecule is Cc1ccc(S(=O)Cc2cc(Cl)ccc2Cl)c(N)c1. The number of anilines is 1. The Kier molecular flexibility index (Phi) is 4.50. The highest BCUT2D eigenvalue weighted by molar-refractivity contribution is 7.84. The van der Waals surface area contributed by atoms with Gasteiger partial charge in [0.15, 0.2) is 0 Å². The van der Waals surface area contributed by atoms with E-state index in [1.165, 1.54) is 0 Å². The van der Waals surface area contributed by atoms with E-state index in [9.17, 15) is 4.21 Å². The van der Waals surface area contributed by atoms with E-state index in [4.69, 9.17) is 28.9 Å². The number of aryl methyl sites for hydroxylation is 1. The van der Waals surface area contributed by atoms with Crippen LogP contribution >= 0.6 is 23.2 Å². The van der Waals surface area contributed by atoms with Crippen LogP contribution < -0.4 is 5.73 Å². The second-order valence-electron chi connectivity index (χ2n) is 4.27. The van der Waals surface area contributed by atoms with Gasteiger partial charge in [-0.3, -0.25) is 4.21 Å². The molecular formula is C14H13Cl2NOS. The van der Waals surface area contributed by atoms with Gasteiger partial charge in [0.05, 0.1) is 21.4 Å². The highest BCUT2D eigenvalue weighted by Gasteiger charge is 2.11. The molecule has 0 aliphatic rings. The lowest BCUT2D eigenvalue weighted by atomic mass is 10.2. The summed E-state index contributed by atoms with van der Waals surface area (Å²) in [7, 11) is -1.24. The molecule has 0 aromatic heterocycles. The highest BCUT2D eigenvalue weighted by atomic mass is 35.5. The van der Waals surface area contributed by atoms with Crippen LogP contribution in [0, 0.1) is 6.92 Å². The summed E-state index contributed by atoms with van der Waals surface area (Å²) in [5.74, 6) is 0.298. The molecule has 2 nitrogen and oxygen atoms in total. The van der Waals surface area contributed by atoms with Crippen molar-refractivity contribution in [2.75, 3.05) is 5.73 Å². The van der Waals surface area contributed by atoms with Gasteiger partial charge in [0.2, 0.25) is 0 Å². The van der Waals surface area contributed by atoms with Gasteiger partial charge in [-0.05, 0) is 48.4 Å². The summed E-state index contributed by atoms with van der Waals surface area (Å²) in [5, 5.41) is 1.14. The summed E-state index contributed by atoms with van der Waals surface area (Å²) < 4.78 is 12.3. The minimum Gasteiger partial charge on any atom is -0.398 e. The molecule has 0 spiro atoms. The van der Waals surface area contributed by atoms with Gasteiger partial charge in [0.1, 0.15) is 0 Å². The van der Waals surface area contributed by atoms with E-state index in [0.717, 1.165) is 11.1 Å². The van der Waals surface area contributed by atoms with Gasteiger partial charge >= 0.3 is 0 Å². The topological polar surface area (TPSA) is 43.1 Å². The Hall–Kier alpha value is -1.03. The minimum atomic E-state index is -1.24. The van der Waals surface area contributed by atoms with Gasteiger partial charge in [0.25, 0.3) is 0 Å². The first-order valence-corrected chi connectivity index (χ1v) is 7.73. The van der Waals surface area contributed by atoms with Crippen molar-refractivity contribution in [3.8, 4) is 0 Å². The van der Waals surface area contributed by atoms with Crippen LogP contribution in [0.25, 0.3) is 0 Å². The summed E-state index contributed by atoms with van der Waals surface area (Å²) >= 11 is 12.0. The average Bonchev–Trinajstić information content (AvgIpc) is 2.33. The highest BCUT2D eigenvalue weighted by Crippen LogP contribution is 2.25. The minimum absolute atomic E-state index is 0.298. The van der Waals surface area contributed by atoms with Crippen LogP contribution in [0.4, 0.5) is 5.69 Å². The fourth-order valence-electron chi connectivity index (χ4n) is 1.75. The van der Waals surface area contributed by atoms with Crippen molar-refractivity contribution in [3.63, 3.8) is 0 Å². The number of hydrogen-bond acceptors (Lipinski definition) is 2.